The lowest BCUT2D eigenvalue weighted by Gasteiger charge is -2.13. The van der Waals surface area contributed by atoms with Gasteiger partial charge in [-0.2, -0.15) is 13.2 Å². The lowest BCUT2D eigenvalue weighted by molar-refractivity contribution is -0.137. The summed E-state index contributed by atoms with van der Waals surface area (Å²) >= 11 is 7.96. The van der Waals surface area contributed by atoms with Gasteiger partial charge in [-0.25, -0.2) is 4.98 Å². The molecule has 2 aromatic carbocycles. The van der Waals surface area contributed by atoms with Crippen LogP contribution in [-0.4, -0.2) is 17.4 Å². The van der Waals surface area contributed by atoms with Crippen molar-refractivity contribution in [2.45, 2.75) is 26.4 Å². The molecule has 3 aromatic rings. The van der Waals surface area contributed by atoms with Crippen LogP contribution in [0, 0.1) is 13.8 Å². The summed E-state index contributed by atoms with van der Waals surface area (Å²) in [7, 11) is 0. The Labute approximate surface area is 175 Å². The van der Waals surface area contributed by atoms with E-state index in [4.69, 9.17) is 11.6 Å². The van der Waals surface area contributed by atoms with Gasteiger partial charge in [-0.05, 0) is 49.6 Å². The van der Waals surface area contributed by atoms with Crippen molar-refractivity contribution >= 4 is 28.8 Å². The van der Waals surface area contributed by atoms with Gasteiger partial charge >= 0.3 is 6.18 Å². The molecule has 0 saturated carbocycles. The van der Waals surface area contributed by atoms with E-state index in [1.807, 2.05) is 32.0 Å². The number of benzene rings is 2. The second-order valence-electron chi connectivity index (χ2n) is 6.50. The Hall–Kier alpha value is -2.38. The third-order valence-corrected chi connectivity index (χ3v) is 5.85. The molecule has 3 nitrogen and oxygen atoms in total. The standard InChI is InChI=1S/C21H18ClF3N2OS/c1-12-19(29-13(2)27-12)15-8-7-14(18(22)11-15)9-10-26-20(28)16-5-3-4-6-17(16)21(23,24)25/h3-8,11H,9-10H2,1-2H3,(H,26,28). The number of carbonyl (C=O) groups excluding carboxylic acids is 1. The summed E-state index contributed by atoms with van der Waals surface area (Å²) in [6.45, 7) is 4.05. The number of hydrogen-bond donors (Lipinski definition) is 1. The van der Waals surface area contributed by atoms with Gasteiger partial charge in [0.1, 0.15) is 0 Å². The van der Waals surface area contributed by atoms with E-state index >= 15 is 0 Å². The summed E-state index contributed by atoms with van der Waals surface area (Å²) < 4.78 is 39.2. The molecule has 0 saturated heterocycles. The Kier molecular flexibility index (Phi) is 6.29. The van der Waals surface area contributed by atoms with Crippen LogP contribution in [0.3, 0.4) is 0 Å². The number of nitrogens with one attached hydrogen (secondary N) is 1. The average molecular weight is 439 g/mol. The maximum Gasteiger partial charge on any atom is 0.417 e. The minimum absolute atomic E-state index is 0.169. The Morgan fingerprint density at radius 1 is 1.17 bits per heavy atom. The summed E-state index contributed by atoms with van der Waals surface area (Å²) in [4.78, 5) is 17.7. The highest BCUT2D eigenvalue weighted by Crippen LogP contribution is 2.33. The second-order valence-corrected chi connectivity index (χ2v) is 8.11. The van der Waals surface area contributed by atoms with Crippen LogP contribution in [0.5, 0.6) is 0 Å². The molecular weight excluding hydrogens is 421 g/mol. The monoisotopic (exact) mass is 438 g/mol. The number of rotatable bonds is 5. The maximum absolute atomic E-state index is 13.1. The lowest BCUT2D eigenvalue weighted by atomic mass is 10.1. The van der Waals surface area contributed by atoms with Crippen molar-refractivity contribution in [3.05, 3.63) is 74.9 Å². The van der Waals surface area contributed by atoms with Gasteiger partial charge in [0.2, 0.25) is 0 Å². The fourth-order valence-corrected chi connectivity index (χ4v) is 4.22. The molecule has 0 aliphatic carbocycles. The molecule has 0 fully saturated rings. The Morgan fingerprint density at radius 2 is 1.90 bits per heavy atom. The van der Waals surface area contributed by atoms with Crippen molar-refractivity contribution in [2.24, 2.45) is 0 Å². The van der Waals surface area contributed by atoms with Gasteiger partial charge in [0.25, 0.3) is 5.91 Å². The van der Waals surface area contributed by atoms with E-state index in [2.05, 4.69) is 10.3 Å². The quantitative estimate of drug-likeness (QED) is 0.525. The molecule has 8 heteroatoms. The van der Waals surface area contributed by atoms with E-state index in [1.165, 1.54) is 18.2 Å². The fraction of sp³-hybridized carbons (Fsp3) is 0.238. The van der Waals surface area contributed by atoms with Crippen molar-refractivity contribution < 1.29 is 18.0 Å². The van der Waals surface area contributed by atoms with Crippen LogP contribution >= 0.6 is 22.9 Å². The number of thiazole rings is 1. The van der Waals surface area contributed by atoms with Gasteiger partial charge < -0.3 is 5.32 Å². The van der Waals surface area contributed by atoms with Crippen LogP contribution in [0.4, 0.5) is 13.2 Å². The third-order valence-electron chi connectivity index (χ3n) is 4.38. The number of hydrogen-bond acceptors (Lipinski definition) is 3. The predicted octanol–water partition coefficient (Wildman–Crippen LogP) is 6.07. The van der Waals surface area contributed by atoms with Crippen LogP contribution in [0.1, 0.15) is 32.2 Å². The first-order chi connectivity index (χ1) is 13.7. The van der Waals surface area contributed by atoms with Gasteiger partial charge in [-0.3, -0.25) is 4.79 Å². The van der Waals surface area contributed by atoms with Crippen molar-refractivity contribution in [1.29, 1.82) is 0 Å². The van der Waals surface area contributed by atoms with Crippen LogP contribution in [0.25, 0.3) is 10.4 Å². The molecule has 1 amide bonds. The van der Waals surface area contributed by atoms with Gasteiger partial charge in [0, 0.05) is 11.6 Å². The molecule has 0 aliphatic rings. The van der Waals surface area contributed by atoms with E-state index in [0.29, 0.717) is 11.4 Å². The largest absolute Gasteiger partial charge is 0.417 e. The number of alkyl halides is 3. The Bertz CT molecular complexity index is 1050. The normalized spacial score (nSPS) is 11.5. The molecule has 0 unspecified atom stereocenters. The SMILES string of the molecule is Cc1nc(C)c(-c2ccc(CCNC(=O)c3ccccc3C(F)(F)F)c(Cl)c2)s1. The zero-order valence-electron chi connectivity index (χ0n) is 15.7. The number of halogens is 4. The molecule has 0 radical (unpaired) electrons. The van der Waals surface area contributed by atoms with E-state index in [-0.39, 0.29) is 6.54 Å². The van der Waals surface area contributed by atoms with Crippen molar-refractivity contribution in [2.75, 3.05) is 6.54 Å². The second kappa shape index (κ2) is 8.55. The maximum atomic E-state index is 13.1. The minimum Gasteiger partial charge on any atom is -0.352 e. The summed E-state index contributed by atoms with van der Waals surface area (Å²) in [6, 6.07) is 10.4. The summed E-state index contributed by atoms with van der Waals surface area (Å²) in [5.41, 5.74) is 1.36. The first kappa shape index (κ1) is 21.3. The molecular formula is C21H18ClF3N2OS. The first-order valence-corrected chi connectivity index (χ1v) is 10.0. The van der Waals surface area contributed by atoms with E-state index in [1.54, 1.807) is 11.3 Å². The van der Waals surface area contributed by atoms with Crippen molar-refractivity contribution in [1.82, 2.24) is 10.3 Å². The van der Waals surface area contributed by atoms with Crippen LogP contribution < -0.4 is 5.32 Å². The Balaban J connectivity index is 1.67. The molecule has 1 N–H and O–H groups in total. The van der Waals surface area contributed by atoms with Gasteiger partial charge in [-0.15, -0.1) is 11.3 Å². The molecule has 0 bridgehead atoms. The van der Waals surface area contributed by atoms with Crippen molar-refractivity contribution in [3.63, 3.8) is 0 Å². The highest BCUT2D eigenvalue weighted by Gasteiger charge is 2.34. The minimum atomic E-state index is -4.58. The Morgan fingerprint density at radius 3 is 2.52 bits per heavy atom. The molecule has 0 aliphatic heterocycles. The predicted molar refractivity (Wildman–Crippen MR) is 110 cm³/mol. The zero-order chi connectivity index (χ0) is 21.2. The highest BCUT2D eigenvalue weighted by molar-refractivity contribution is 7.15. The first-order valence-electron chi connectivity index (χ1n) is 8.84. The zero-order valence-corrected chi connectivity index (χ0v) is 17.3. The summed E-state index contributed by atoms with van der Waals surface area (Å²) in [5.74, 6) is -0.763. The number of nitrogens with zero attached hydrogens (tertiary/aromatic N) is 1. The average Bonchev–Trinajstić information content (AvgIpc) is 3.00. The van der Waals surface area contributed by atoms with Gasteiger partial charge in [0.05, 0.1) is 26.7 Å². The molecule has 0 spiro atoms. The van der Waals surface area contributed by atoms with Crippen LogP contribution in [0.15, 0.2) is 42.5 Å². The van der Waals surface area contributed by atoms with E-state index < -0.39 is 23.2 Å². The van der Waals surface area contributed by atoms with E-state index in [9.17, 15) is 18.0 Å². The van der Waals surface area contributed by atoms with Gasteiger partial charge in [-0.1, -0.05) is 35.9 Å². The summed E-state index contributed by atoms with van der Waals surface area (Å²) in [6.07, 6.45) is -4.18. The number of amides is 1. The van der Waals surface area contributed by atoms with Crippen molar-refractivity contribution in [3.8, 4) is 10.4 Å². The third kappa shape index (κ3) is 4.97. The molecule has 29 heavy (non-hydrogen) atoms. The van der Waals surface area contributed by atoms with Crippen LogP contribution in [-0.2, 0) is 12.6 Å². The number of aromatic nitrogens is 1. The number of carbonyl (C=O) groups is 1. The molecule has 3 rings (SSSR count). The number of aryl methyl sites for hydroxylation is 2. The molecule has 0 atom stereocenters. The smallest absolute Gasteiger partial charge is 0.352 e. The topological polar surface area (TPSA) is 42.0 Å². The molecule has 1 heterocycles. The van der Waals surface area contributed by atoms with E-state index in [0.717, 1.165) is 32.8 Å². The fourth-order valence-electron chi connectivity index (χ4n) is 3.02. The lowest BCUT2D eigenvalue weighted by Crippen LogP contribution is -2.28. The summed E-state index contributed by atoms with van der Waals surface area (Å²) in [5, 5.41) is 4.05. The molecule has 1 aromatic heterocycles. The molecule has 152 valence electrons. The highest BCUT2D eigenvalue weighted by atomic mass is 35.5. The van der Waals surface area contributed by atoms with Crippen LogP contribution in [0.2, 0.25) is 5.02 Å². The van der Waals surface area contributed by atoms with Gasteiger partial charge in [0.15, 0.2) is 0 Å².